The summed E-state index contributed by atoms with van der Waals surface area (Å²) in [7, 11) is 0. The summed E-state index contributed by atoms with van der Waals surface area (Å²) in [5.41, 5.74) is 5.07. The van der Waals surface area contributed by atoms with Gasteiger partial charge in [-0.3, -0.25) is 4.79 Å². The molecule has 2 aliphatic heterocycles. The normalized spacial score (nSPS) is 19.3. The fourth-order valence-corrected chi connectivity index (χ4v) is 5.48. The van der Waals surface area contributed by atoms with Gasteiger partial charge in [-0.25, -0.2) is 4.79 Å². The van der Waals surface area contributed by atoms with Crippen molar-refractivity contribution in [3.63, 3.8) is 0 Å². The van der Waals surface area contributed by atoms with Crippen LogP contribution in [-0.2, 0) is 9.53 Å². The fourth-order valence-electron chi connectivity index (χ4n) is 4.19. The summed E-state index contributed by atoms with van der Waals surface area (Å²) in [6.45, 7) is 12.8. The van der Waals surface area contributed by atoms with Gasteiger partial charge in [0, 0.05) is 48.1 Å². The minimum absolute atomic E-state index is 0.164. The third kappa shape index (κ3) is 4.76. The Balaban J connectivity index is 1.51. The molecule has 0 atom stereocenters. The number of nitrogens with zero attached hydrogens (tertiary/aromatic N) is 2. The summed E-state index contributed by atoms with van der Waals surface area (Å²) in [6, 6.07) is 4.43. The van der Waals surface area contributed by atoms with Crippen LogP contribution < -0.4 is 10.2 Å². The van der Waals surface area contributed by atoms with E-state index in [2.05, 4.69) is 29.3 Å². The Hall–Kier alpha value is -2.41. The van der Waals surface area contributed by atoms with Crippen molar-refractivity contribution >= 4 is 35.0 Å². The van der Waals surface area contributed by atoms with E-state index in [1.54, 1.807) is 17.8 Å². The molecule has 1 fully saturated rings. The number of anilines is 2. The highest BCUT2D eigenvalue weighted by Gasteiger charge is 2.28. The van der Waals surface area contributed by atoms with Crippen molar-refractivity contribution in [2.75, 3.05) is 36.4 Å². The number of aryl methyl sites for hydroxylation is 1. The number of benzene rings is 1. The van der Waals surface area contributed by atoms with E-state index in [1.165, 1.54) is 5.56 Å². The molecule has 0 unspecified atom stereocenters. The Morgan fingerprint density at radius 3 is 2.65 bits per heavy atom. The molecular weight excluding hydrogens is 410 g/mol. The molecule has 31 heavy (non-hydrogen) atoms. The molecule has 1 aromatic rings. The van der Waals surface area contributed by atoms with Gasteiger partial charge in [0.05, 0.1) is 11.4 Å². The summed E-state index contributed by atoms with van der Waals surface area (Å²) in [4.78, 5) is 30.9. The molecule has 6 nitrogen and oxygen atoms in total. The second kappa shape index (κ2) is 8.26. The predicted molar refractivity (Wildman–Crippen MR) is 126 cm³/mol. The van der Waals surface area contributed by atoms with Crippen molar-refractivity contribution in [1.82, 2.24) is 4.90 Å². The number of ketones is 1. The van der Waals surface area contributed by atoms with Gasteiger partial charge in [0.25, 0.3) is 0 Å². The second-order valence-electron chi connectivity index (χ2n) is 9.44. The number of carbonyl (C=O) groups is 2. The molecule has 7 heteroatoms. The number of carbonyl (C=O) groups excluding carboxylic acids is 2. The number of rotatable bonds is 1. The number of ether oxygens (including phenoxy) is 1. The van der Waals surface area contributed by atoms with E-state index in [-0.39, 0.29) is 11.9 Å². The first-order valence-corrected chi connectivity index (χ1v) is 11.7. The average molecular weight is 442 g/mol. The minimum Gasteiger partial charge on any atom is -0.444 e. The maximum Gasteiger partial charge on any atom is 0.410 e. The second-order valence-corrected chi connectivity index (χ2v) is 10.6. The van der Waals surface area contributed by atoms with E-state index in [0.717, 1.165) is 52.0 Å². The minimum atomic E-state index is -0.482. The van der Waals surface area contributed by atoms with Crippen LogP contribution in [0.3, 0.4) is 0 Å². The van der Waals surface area contributed by atoms with Crippen LogP contribution in [0.5, 0.6) is 0 Å². The monoisotopic (exact) mass is 441 g/mol. The molecule has 1 saturated heterocycles. The van der Waals surface area contributed by atoms with Gasteiger partial charge in [0.2, 0.25) is 0 Å². The molecule has 0 radical (unpaired) electrons. The fraction of sp³-hybridized carbons (Fsp3) is 0.500. The third-order valence-electron chi connectivity index (χ3n) is 5.67. The van der Waals surface area contributed by atoms with E-state index in [9.17, 15) is 9.59 Å². The lowest BCUT2D eigenvalue weighted by Crippen LogP contribution is -2.39. The number of fused-ring (bicyclic) bond motifs is 1. The van der Waals surface area contributed by atoms with Crippen LogP contribution in [0.15, 0.2) is 39.3 Å². The highest BCUT2D eigenvalue weighted by Crippen LogP contribution is 2.47. The standard InChI is InChI=1S/C24H31N3O3S/c1-15-11-17(26-7-6-8-27(10-9-26)23(29)30-24(3,4)5)13-19-21(15)25-22-16(2)12-18(28)14-20(22)31-19/h11-13,25H,6-10,14H2,1-5H3. The molecule has 4 rings (SSSR count). The maximum absolute atomic E-state index is 12.5. The summed E-state index contributed by atoms with van der Waals surface area (Å²) < 4.78 is 5.55. The van der Waals surface area contributed by atoms with Crippen LogP contribution in [-0.4, -0.2) is 48.6 Å². The first-order valence-electron chi connectivity index (χ1n) is 10.9. The van der Waals surface area contributed by atoms with Gasteiger partial charge in [-0.1, -0.05) is 11.8 Å². The highest BCUT2D eigenvalue weighted by atomic mass is 32.2. The number of thioether (sulfide) groups is 1. The Morgan fingerprint density at radius 1 is 1.13 bits per heavy atom. The largest absolute Gasteiger partial charge is 0.444 e. The zero-order valence-electron chi connectivity index (χ0n) is 19.0. The van der Waals surface area contributed by atoms with Crippen LogP contribution in [0, 0.1) is 6.92 Å². The lowest BCUT2D eigenvalue weighted by Gasteiger charge is -2.30. The van der Waals surface area contributed by atoms with Gasteiger partial charge < -0.3 is 19.9 Å². The van der Waals surface area contributed by atoms with Crippen LogP contribution in [0.1, 0.15) is 46.1 Å². The van der Waals surface area contributed by atoms with Gasteiger partial charge in [0.15, 0.2) is 5.78 Å². The van der Waals surface area contributed by atoms with E-state index < -0.39 is 5.60 Å². The molecule has 0 aromatic heterocycles. The first kappa shape index (κ1) is 21.8. The number of hydrogen-bond acceptors (Lipinski definition) is 6. The Kier molecular flexibility index (Phi) is 5.81. The molecule has 1 aromatic carbocycles. The van der Waals surface area contributed by atoms with Gasteiger partial charge in [0.1, 0.15) is 5.60 Å². The average Bonchev–Trinajstić information content (AvgIpc) is 2.91. The van der Waals surface area contributed by atoms with Crippen molar-refractivity contribution < 1.29 is 14.3 Å². The molecule has 3 aliphatic rings. The van der Waals surface area contributed by atoms with Crippen LogP contribution in [0.2, 0.25) is 0 Å². The summed E-state index contributed by atoms with van der Waals surface area (Å²) in [6.07, 6.45) is 2.85. The van der Waals surface area contributed by atoms with E-state index in [1.807, 2.05) is 32.6 Å². The number of hydrogen-bond donors (Lipinski definition) is 1. The van der Waals surface area contributed by atoms with Gasteiger partial charge in [-0.2, -0.15) is 0 Å². The van der Waals surface area contributed by atoms with Crippen LogP contribution in [0.4, 0.5) is 16.2 Å². The lowest BCUT2D eigenvalue weighted by atomic mass is 10.0. The van der Waals surface area contributed by atoms with Gasteiger partial charge in [-0.05, 0) is 70.4 Å². The summed E-state index contributed by atoms with van der Waals surface area (Å²) in [5.74, 6) is 0.164. The quantitative estimate of drug-likeness (QED) is 0.655. The first-order chi connectivity index (χ1) is 14.6. The molecule has 0 spiro atoms. The van der Waals surface area contributed by atoms with Crippen molar-refractivity contribution in [3.8, 4) is 0 Å². The van der Waals surface area contributed by atoms with Crippen LogP contribution >= 0.6 is 11.8 Å². The predicted octanol–water partition coefficient (Wildman–Crippen LogP) is 5.09. The lowest BCUT2D eigenvalue weighted by molar-refractivity contribution is -0.114. The number of nitrogens with one attached hydrogen (secondary N) is 1. The molecule has 1 aliphatic carbocycles. The summed E-state index contributed by atoms with van der Waals surface area (Å²) in [5, 5.41) is 3.57. The zero-order chi connectivity index (χ0) is 22.3. The number of amides is 1. The Morgan fingerprint density at radius 2 is 1.90 bits per heavy atom. The van der Waals surface area contributed by atoms with Crippen molar-refractivity contribution in [1.29, 1.82) is 0 Å². The van der Waals surface area contributed by atoms with Gasteiger partial charge >= 0.3 is 6.09 Å². The Labute approximate surface area is 188 Å². The van der Waals surface area contributed by atoms with Gasteiger partial charge in [-0.15, -0.1) is 0 Å². The van der Waals surface area contributed by atoms with Crippen molar-refractivity contribution in [2.24, 2.45) is 0 Å². The topological polar surface area (TPSA) is 61.9 Å². The number of allylic oxidation sites excluding steroid dienone is 3. The zero-order valence-corrected chi connectivity index (χ0v) is 19.8. The molecule has 0 bridgehead atoms. The molecule has 1 N–H and O–H groups in total. The molecule has 166 valence electrons. The molecule has 2 heterocycles. The highest BCUT2D eigenvalue weighted by molar-refractivity contribution is 8.03. The molecular formula is C24H31N3O3S. The van der Waals surface area contributed by atoms with E-state index in [0.29, 0.717) is 19.5 Å². The van der Waals surface area contributed by atoms with Crippen molar-refractivity contribution in [2.45, 2.75) is 58.0 Å². The van der Waals surface area contributed by atoms with E-state index >= 15 is 0 Å². The van der Waals surface area contributed by atoms with E-state index in [4.69, 9.17) is 4.74 Å². The molecule has 1 amide bonds. The SMILES string of the molecule is CC1=CC(=O)CC2=C1Nc1c(C)cc(N3CCCN(C(=O)OC(C)(C)C)CC3)cc1S2. The summed E-state index contributed by atoms with van der Waals surface area (Å²) >= 11 is 1.70. The smallest absolute Gasteiger partial charge is 0.410 e. The maximum atomic E-state index is 12.5. The van der Waals surface area contributed by atoms with Crippen LogP contribution in [0.25, 0.3) is 0 Å². The van der Waals surface area contributed by atoms with Crippen molar-refractivity contribution in [3.05, 3.63) is 39.9 Å². The Bertz CT molecular complexity index is 991. The molecule has 0 saturated carbocycles. The third-order valence-corrected chi connectivity index (χ3v) is 6.80.